The molecule has 0 heteroatoms. The van der Waals surface area contributed by atoms with E-state index in [1.54, 1.807) is 0 Å². The second-order valence-electron chi connectivity index (χ2n) is 6.22. The van der Waals surface area contributed by atoms with Gasteiger partial charge in [0, 0.05) is 0 Å². The van der Waals surface area contributed by atoms with Gasteiger partial charge in [-0.15, -0.1) is 0 Å². The molecule has 0 aliphatic heterocycles. The molecule has 2 aliphatic carbocycles. The molecule has 2 aliphatic rings. The standard InChI is InChI=1S/C12H22/c1-8-6-12(5,9(8)2)10-7-11(10,3)4/h8-10H,6-7H2,1-5H3. The molecule has 0 spiro atoms. The van der Waals surface area contributed by atoms with Crippen molar-refractivity contribution in [2.75, 3.05) is 0 Å². The van der Waals surface area contributed by atoms with E-state index in [1.807, 2.05) is 0 Å². The van der Waals surface area contributed by atoms with Crippen molar-refractivity contribution >= 4 is 0 Å². The summed E-state index contributed by atoms with van der Waals surface area (Å²) < 4.78 is 0. The predicted octanol–water partition coefficient (Wildman–Crippen LogP) is 3.71. The molecule has 2 saturated carbocycles. The van der Waals surface area contributed by atoms with Gasteiger partial charge in [-0.1, -0.05) is 34.6 Å². The third-order valence-corrected chi connectivity index (χ3v) is 4.97. The highest BCUT2D eigenvalue weighted by Crippen LogP contribution is 2.69. The van der Waals surface area contributed by atoms with Crippen LogP contribution in [0.4, 0.5) is 0 Å². The maximum Gasteiger partial charge on any atom is -0.0261 e. The SMILES string of the molecule is CC1CC(C)(C2CC2(C)C)C1C. The summed E-state index contributed by atoms with van der Waals surface area (Å²) in [5, 5.41) is 0. The van der Waals surface area contributed by atoms with Crippen LogP contribution in [-0.2, 0) is 0 Å². The summed E-state index contributed by atoms with van der Waals surface area (Å²) in [6, 6.07) is 0. The van der Waals surface area contributed by atoms with Crippen molar-refractivity contribution in [3.05, 3.63) is 0 Å². The molecule has 0 saturated heterocycles. The molecule has 0 N–H and O–H groups in total. The van der Waals surface area contributed by atoms with Crippen LogP contribution in [-0.4, -0.2) is 0 Å². The molecule has 0 nitrogen and oxygen atoms in total. The zero-order chi connectivity index (χ0) is 9.15. The first-order valence-electron chi connectivity index (χ1n) is 5.38. The second kappa shape index (κ2) is 2.08. The molecule has 4 unspecified atom stereocenters. The Balaban J connectivity index is 2.06. The maximum absolute atomic E-state index is 2.51. The van der Waals surface area contributed by atoms with Crippen molar-refractivity contribution in [3.63, 3.8) is 0 Å². The molecular weight excluding hydrogens is 144 g/mol. The molecule has 0 bridgehead atoms. The molecule has 0 amide bonds. The Kier molecular flexibility index (Phi) is 1.49. The summed E-state index contributed by atoms with van der Waals surface area (Å²) in [7, 11) is 0. The van der Waals surface area contributed by atoms with Gasteiger partial charge in [0.25, 0.3) is 0 Å². The Bertz CT molecular complexity index is 204. The van der Waals surface area contributed by atoms with E-state index in [-0.39, 0.29) is 0 Å². The lowest BCUT2D eigenvalue weighted by atomic mass is 9.53. The van der Waals surface area contributed by atoms with Gasteiger partial charge in [-0.2, -0.15) is 0 Å². The van der Waals surface area contributed by atoms with Gasteiger partial charge in [0.05, 0.1) is 0 Å². The van der Waals surface area contributed by atoms with Gasteiger partial charge < -0.3 is 0 Å². The fraction of sp³-hybridized carbons (Fsp3) is 1.00. The highest BCUT2D eigenvalue weighted by atomic mass is 14.7. The minimum absolute atomic E-state index is 0.670. The minimum Gasteiger partial charge on any atom is -0.0622 e. The van der Waals surface area contributed by atoms with Crippen molar-refractivity contribution in [1.82, 2.24) is 0 Å². The lowest BCUT2D eigenvalue weighted by Crippen LogP contribution is -2.45. The summed E-state index contributed by atoms with van der Waals surface area (Å²) in [6.07, 6.45) is 2.95. The normalized spacial score (nSPS) is 56.2. The van der Waals surface area contributed by atoms with Gasteiger partial charge in [0.1, 0.15) is 0 Å². The van der Waals surface area contributed by atoms with Crippen molar-refractivity contribution in [3.8, 4) is 0 Å². The van der Waals surface area contributed by atoms with Crippen LogP contribution in [0.3, 0.4) is 0 Å². The van der Waals surface area contributed by atoms with Gasteiger partial charge in [0.15, 0.2) is 0 Å². The first-order chi connectivity index (χ1) is 5.38. The molecule has 4 atom stereocenters. The van der Waals surface area contributed by atoms with Crippen LogP contribution in [0.1, 0.15) is 47.5 Å². The molecule has 0 aromatic heterocycles. The van der Waals surface area contributed by atoms with Crippen molar-refractivity contribution in [1.29, 1.82) is 0 Å². The van der Waals surface area contributed by atoms with E-state index in [2.05, 4.69) is 34.6 Å². The zero-order valence-electron chi connectivity index (χ0n) is 9.15. The van der Waals surface area contributed by atoms with E-state index in [0.717, 1.165) is 17.8 Å². The van der Waals surface area contributed by atoms with Gasteiger partial charge in [-0.25, -0.2) is 0 Å². The molecular formula is C12H22. The van der Waals surface area contributed by atoms with Gasteiger partial charge in [0.2, 0.25) is 0 Å². The largest absolute Gasteiger partial charge is 0.0622 e. The first kappa shape index (κ1) is 8.59. The van der Waals surface area contributed by atoms with Gasteiger partial charge in [-0.3, -0.25) is 0 Å². The van der Waals surface area contributed by atoms with Crippen molar-refractivity contribution in [2.24, 2.45) is 28.6 Å². The molecule has 70 valence electrons. The summed E-state index contributed by atoms with van der Waals surface area (Å²) in [5.74, 6) is 2.96. The van der Waals surface area contributed by atoms with Crippen LogP contribution in [0.5, 0.6) is 0 Å². The average Bonchev–Trinajstić information content (AvgIpc) is 2.60. The van der Waals surface area contributed by atoms with E-state index in [9.17, 15) is 0 Å². The van der Waals surface area contributed by atoms with Crippen LogP contribution >= 0.6 is 0 Å². The van der Waals surface area contributed by atoms with E-state index in [0.29, 0.717) is 10.8 Å². The van der Waals surface area contributed by atoms with E-state index >= 15 is 0 Å². The summed E-state index contributed by atoms with van der Waals surface area (Å²) in [5.41, 5.74) is 1.37. The number of hydrogen-bond acceptors (Lipinski definition) is 0. The number of hydrogen-bond donors (Lipinski definition) is 0. The highest BCUT2D eigenvalue weighted by molar-refractivity contribution is 5.10. The maximum atomic E-state index is 2.51. The zero-order valence-corrected chi connectivity index (χ0v) is 9.15. The van der Waals surface area contributed by atoms with Crippen molar-refractivity contribution < 1.29 is 0 Å². The lowest BCUT2D eigenvalue weighted by molar-refractivity contribution is -0.0341. The fourth-order valence-corrected chi connectivity index (χ4v) is 3.60. The monoisotopic (exact) mass is 166 g/mol. The molecule has 0 radical (unpaired) electrons. The van der Waals surface area contributed by atoms with Crippen LogP contribution in [0.2, 0.25) is 0 Å². The fourth-order valence-electron chi connectivity index (χ4n) is 3.60. The van der Waals surface area contributed by atoms with Gasteiger partial charge >= 0.3 is 0 Å². The van der Waals surface area contributed by atoms with Gasteiger partial charge in [-0.05, 0) is 41.4 Å². The topological polar surface area (TPSA) is 0 Å². The van der Waals surface area contributed by atoms with Crippen LogP contribution < -0.4 is 0 Å². The third-order valence-electron chi connectivity index (χ3n) is 4.97. The Hall–Kier alpha value is 0. The Labute approximate surface area is 76.7 Å². The lowest BCUT2D eigenvalue weighted by Gasteiger charge is -2.52. The quantitative estimate of drug-likeness (QED) is 0.557. The van der Waals surface area contributed by atoms with E-state index < -0.39 is 0 Å². The minimum atomic E-state index is 0.670. The van der Waals surface area contributed by atoms with Crippen LogP contribution in [0, 0.1) is 28.6 Å². The number of rotatable bonds is 1. The molecule has 2 fully saturated rings. The molecule has 0 aromatic carbocycles. The van der Waals surface area contributed by atoms with Crippen molar-refractivity contribution in [2.45, 2.75) is 47.5 Å². The molecule has 12 heavy (non-hydrogen) atoms. The molecule has 0 heterocycles. The Morgan fingerprint density at radius 1 is 1.00 bits per heavy atom. The highest BCUT2D eigenvalue weighted by Gasteiger charge is 2.62. The van der Waals surface area contributed by atoms with E-state index in [1.165, 1.54) is 12.8 Å². The third kappa shape index (κ3) is 0.900. The Morgan fingerprint density at radius 2 is 1.50 bits per heavy atom. The Morgan fingerprint density at radius 3 is 1.75 bits per heavy atom. The molecule has 2 rings (SSSR count). The average molecular weight is 166 g/mol. The first-order valence-corrected chi connectivity index (χ1v) is 5.38. The second-order valence-corrected chi connectivity index (χ2v) is 6.22. The summed E-state index contributed by atoms with van der Waals surface area (Å²) in [4.78, 5) is 0. The summed E-state index contributed by atoms with van der Waals surface area (Å²) in [6.45, 7) is 12.2. The summed E-state index contributed by atoms with van der Waals surface area (Å²) >= 11 is 0. The molecule has 0 aromatic rings. The van der Waals surface area contributed by atoms with Crippen LogP contribution in [0.25, 0.3) is 0 Å². The van der Waals surface area contributed by atoms with Crippen LogP contribution in [0.15, 0.2) is 0 Å². The smallest absolute Gasteiger partial charge is 0.0261 e. The predicted molar refractivity (Wildman–Crippen MR) is 52.9 cm³/mol. The van der Waals surface area contributed by atoms with E-state index in [4.69, 9.17) is 0 Å².